The molecule has 0 bridgehead atoms. The van der Waals surface area contributed by atoms with Crippen molar-refractivity contribution in [2.75, 3.05) is 5.88 Å². The molecule has 0 aromatic heterocycles. The molecule has 1 rings (SSSR count). The van der Waals surface area contributed by atoms with E-state index in [0.717, 1.165) is 6.42 Å². The van der Waals surface area contributed by atoms with Gasteiger partial charge in [-0.3, -0.25) is 0 Å². The van der Waals surface area contributed by atoms with E-state index in [1.54, 1.807) is 0 Å². The Kier molecular flexibility index (Phi) is 3.77. The van der Waals surface area contributed by atoms with Crippen LogP contribution < -0.4 is 0 Å². The molecule has 0 spiro atoms. The summed E-state index contributed by atoms with van der Waals surface area (Å²) in [5.74, 6) is 0.129. The number of halogens is 1. The van der Waals surface area contributed by atoms with Crippen LogP contribution in [-0.4, -0.2) is 23.9 Å². The number of allylic oxidation sites excluding steroid dienone is 1. The fraction of sp³-hybridized carbons (Fsp3) is 0.800. The minimum atomic E-state index is -0.432. The van der Waals surface area contributed by atoms with Gasteiger partial charge in [0.25, 0.3) is 0 Å². The molecule has 1 saturated heterocycles. The van der Waals surface area contributed by atoms with Crippen molar-refractivity contribution >= 4 is 11.6 Å². The minimum absolute atomic E-state index is 0.162. The molecule has 0 aliphatic carbocycles. The van der Waals surface area contributed by atoms with Crippen LogP contribution in [0.5, 0.6) is 0 Å². The van der Waals surface area contributed by atoms with Gasteiger partial charge in [0.05, 0.1) is 12.2 Å². The lowest BCUT2D eigenvalue weighted by Gasteiger charge is -2.16. The topological polar surface area (TPSA) is 18.5 Å². The highest BCUT2D eigenvalue weighted by molar-refractivity contribution is 6.18. The third-order valence-corrected chi connectivity index (χ3v) is 2.23. The zero-order valence-electron chi connectivity index (χ0n) is 8.42. The summed E-state index contributed by atoms with van der Waals surface area (Å²) in [6.45, 7) is 5.91. The quantitative estimate of drug-likeness (QED) is 0.520. The Bertz CT molecular complexity index is 189. The van der Waals surface area contributed by atoms with E-state index in [-0.39, 0.29) is 12.2 Å². The standard InChI is InChI=1S/C10H17ClO2/c1-8-9(6-4-5-7-11)13-10(2,3)12-8/h4-5,8-9H,6-7H2,1-3H3/b5-4+. The van der Waals surface area contributed by atoms with Gasteiger partial charge in [0.2, 0.25) is 0 Å². The molecule has 2 nitrogen and oxygen atoms in total. The van der Waals surface area contributed by atoms with E-state index in [1.807, 2.05) is 32.9 Å². The zero-order chi connectivity index (χ0) is 9.90. The van der Waals surface area contributed by atoms with Gasteiger partial charge in [-0.25, -0.2) is 0 Å². The summed E-state index contributed by atoms with van der Waals surface area (Å²) in [7, 11) is 0. The molecule has 13 heavy (non-hydrogen) atoms. The molecule has 76 valence electrons. The van der Waals surface area contributed by atoms with Gasteiger partial charge in [-0.2, -0.15) is 0 Å². The number of hydrogen-bond acceptors (Lipinski definition) is 2. The molecule has 1 aliphatic heterocycles. The van der Waals surface area contributed by atoms with Crippen LogP contribution in [0.1, 0.15) is 27.2 Å². The third-order valence-electron chi connectivity index (χ3n) is 2.05. The second-order valence-electron chi connectivity index (χ2n) is 3.74. The monoisotopic (exact) mass is 204 g/mol. The molecule has 1 heterocycles. The lowest BCUT2D eigenvalue weighted by molar-refractivity contribution is -0.144. The average molecular weight is 205 g/mol. The van der Waals surface area contributed by atoms with Crippen LogP contribution in [0.25, 0.3) is 0 Å². The Hall–Kier alpha value is -0.0500. The van der Waals surface area contributed by atoms with E-state index in [1.165, 1.54) is 0 Å². The van der Waals surface area contributed by atoms with Gasteiger partial charge in [0.15, 0.2) is 5.79 Å². The molecule has 1 aliphatic rings. The van der Waals surface area contributed by atoms with Crippen LogP contribution in [-0.2, 0) is 9.47 Å². The Labute approximate surface area is 84.9 Å². The van der Waals surface area contributed by atoms with Gasteiger partial charge in [0, 0.05) is 5.88 Å². The fourth-order valence-electron chi connectivity index (χ4n) is 1.54. The van der Waals surface area contributed by atoms with Gasteiger partial charge in [0.1, 0.15) is 0 Å². The molecule has 2 atom stereocenters. The van der Waals surface area contributed by atoms with Crippen molar-refractivity contribution in [2.45, 2.75) is 45.2 Å². The van der Waals surface area contributed by atoms with E-state index in [4.69, 9.17) is 21.1 Å². The van der Waals surface area contributed by atoms with E-state index >= 15 is 0 Å². The first-order valence-corrected chi connectivity index (χ1v) is 5.15. The van der Waals surface area contributed by atoms with Gasteiger partial charge in [-0.1, -0.05) is 12.2 Å². The maximum atomic E-state index is 5.69. The van der Waals surface area contributed by atoms with Gasteiger partial charge in [-0.05, 0) is 27.2 Å². The van der Waals surface area contributed by atoms with Crippen molar-refractivity contribution in [3.63, 3.8) is 0 Å². The van der Waals surface area contributed by atoms with Crippen molar-refractivity contribution in [2.24, 2.45) is 0 Å². The summed E-state index contributed by atoms with van der Waals surface area (Å²) in [6, 6.07) is 0. The summed E-state index contributed by atoms with van der Waals surface area (Å²) in [5.41, 5.74) is 0. The summed E-state index contributed by atoms with van der Waals surface area (Å²) in [5, 5.41) is 0. The fourth-order valence-corrected chi connectivity index (χ4v) is 1.67. The number of alkyl halides is 1. The van der Waals surface area contributed by atoms with Crippen LogP contribution in [0, 0.1) is 0 Å². The predicted molar refractivity (Wildman–Crippen MR) is 54.0 cm³/mol. The highest BCUT2D eigenvalue weighted by Crippen LogP contribution is 2.29. The van der Waals surface area contributed by atoms with Crippen LogP contribution in [0.4, 0.5) is 0 Å². The molecular weight excluding hydrogens is 188 g/mol. The molecule has 0 aromatic carbocycles. The van der Waals surface area contributed by atoms with Crippen molar-refractivity contribution in [1.29, 1.82) is 0 Å². The van der Waals surface area contributed by atoms with E-state index in [2.05, 4.69) is 0 Å². The summed E-state index contributed by atoms with van der Waals surface area (Å²) in [4.78, 5) is 0. The summed E-state index contributed by atoms with van der Waals surface area (Å²) in [6.07, 6.45) is 5.17. The second kappa shape index (κ2) is 4.45. The van der Waals surface area contributed by atoms with E-state index in [9.17, 15) is 0 Å². The molecule has 3 heteroatoms. The van der Waals surface area contributed by atoms with Crippen molar-refractivity contribution in [3.05, 3.63) is 12.2 Å². The largest absolute Gasteiger partial charge is 0.345 e. The molecule has 0 saturated carbocycles. The minimum Gasteiger partial charge on any atom is -0.345 e. The lowest BCUT2D eigenvalue weighted by Crippen LogP contribution is -2.21. The average Bonchev–Trinajstić information content (AvgIpc) is 2.25. The molecule has 1 fully saturated rings. The first-order chi connectivity index (χ1) is 6.05. The Morgan fingerprint density at radius 1 is 1.31 bits per heavy atom. The zero-order valence-corrected chi connectivity index (χ0v) is 9.17. The second-order valence-corrected chi connectivity index (χ2v) is 4.05. The molecular formula is C10H17ClO2. The SMILES string of the molecule is CC1OC(C)(C)OC1C/C=C/CCl. The van der Waals surface area contributed by atoms with Gasteiger partial charge >= 0.3 is 0 Å². The van der Waals surface area contributed by atoms with Crippen LogP contribution >= 0.6 is 11.6 Å². The highest BCUT2D eigenvalue weighted by Gasteiger charge is 2.37. The molecule has 0 N–H and O–H groups in total. The highest BCUT2D eigenvalue weighted by atomic mass is 35.5. The van der Waals surface area contributed by atoms with Crippen LogP contribution in [0.15, 0.2) is 12.2 Å². The first-order valence-electron chi connectivity index (χ1n) is 4.62. The Morgan fingerprint density at radius 2 is 2.00 bits per heavy atom. The molecule has 2 unspecified atom stereocenters. The lowest BCUT2D eigenvalue weighted by atomic mass is 10.1. The molecule has 0 amide bonds. The summed E-state index contributed by atoms with van der Waals surface area (Å²) >= 11 is 5.52. The first kappa shape index (κ1) is 11.0. The summed E-state index contributed by atoms with van der Waals surface area (Å²) < 4.78 is 11.3. The maximum Gasteiger partial charge on any atom is 0.163 e. The molecule has 0 radical (unpaired) electrons. The smallest absolute Gasteiger partial charge is 0.163 e. The van der Waals surface area contributed by atoms with Crippen molar-refractivity contribution in [3.8, 4) is 0 Å². The van der Waals surface area contributed by atoms with Crippen LogP contribution in [0.3, 0.4) is 0 Å². The normalized spacial score (nSPS) is 32.9. The maximum absolute atomic E-state index is 5.69. The van der Waals surface area contributed by atoms with Crippen molar-refractivity contribution < 1.29 is 9.47 Å². The van der Waals surface area contributed by atoms with Crippen molar-refractivity contribution in [1.82, 2.24) is 0 Å². The third kappa shape index (κ3) is 3.29. The van der Waals surface area contributed by atoms with E-state index in [0.29, 0.717) is 5.88 Å². The number of ether oxygens (including phenoxy) is 2. The Balaban J connectivity index is 2.39. The number of rotatable bonds is 3. The van der Waals surface area contributed by atoms with Gasteiger partial charge in [-0.15, -0.1) is 11.6 Å². The molecule has 0 aromatic rings. The predicted octanol–water partition coefficient (Wildman–Crippen LogP) is 2.71. The van der Waals surface area contributed by atoms with E-state index < -0.39 is 5.79 Å². The van der Waals surface area contributed by atoms with Gasteiger partial charge < -0.3 is 9.47 Å². The Morgan fingerprint density at radius 3 is 2.46 bits per heavy atom. The number of hydrogen-bond donors (Lipinski definition) is 0. The van der Waals surface area contributed by atoms with Crippen LogP contribution in [0.2, 0.25) is 0 Å².